The number of amides is 1. The van der Waals surface area contributed by atoms with Crippen LogP contribution in [-0.2, 0) is 6.54 Å². The van der Waals surface area contributed by atoms with Crippen LogP contribution in [0.2, 0.25) is 0 Å². The summed E-state index contributed by atoms with van der Waals surface area (Å²) >= 11 is 0. The fourth-order valence-electron chi connectivity index (χ4n) is 2.98. The van der Waals surface area contributed by atoms with E-state index in [4.69, 9.17) is 4.42 Å². The molecule has 5 nitrogen and oxygen atoms in total. The Hall–Kier alpha value is -2.21. The Balaban J connectivity index is 1.49. The number of piperidine rings is 1. The van der Waals surface area contributed by atoms with Crippen molar-refractivity contribution in [3.63, 3.8) is 0 Å². The number of nitrogens with one attached hydrogen (secondary N) is 1. The molecule has 1 N–H and O–H groups in total. The molecule has 122 valence electrons. The molecule has 1 unspecified atom stereocenters. The van der Waals surface area contributed by atoms with E-state index in [1.807, 2.05) is 6.07 Å². The quantitative estimate of drug-likeness (QED) is 0.920. The van der Waals surface area contributed by atoms with Crippen LogP contribution in [0.15, 0.2) is 41.5 Å². The number of halogens is 1. The van der Waals surface area contributed by atoms with Gasteiger partial charge in [0, 0.05) is 31.4 Å². The zero-order valence-corrected chi connectivity index (χ0v) is 12.9. The summed E-state index contributed by atoms with van der Waals surface area (Å²) < 4.78 is 18.2. The monoisotopic (exact) mass is 317 g/mol. The Morgan fingerprint density at radius 3 is 3.17 bits per heavy atom. The molecule has 0 bridgehead atoms. The number of pyridine rings is 1. The molecule has 3 heterocycles. The van der Waals surface area contributed by atoms with Gasteiger partial charge < -0.3 is 9.73 Å². The Labute approximate surface area is 134 Å². The van der Waals surface area contributed by atoms with E-state index < -0.39 is 5.82 Å². The third-order valence-electron chi connectivity index (χ3n) is 4.11. The molecule has 2 aromatic heterocycles. The van der Waals surface area contributed by atoms with E-state index in [-0.39, 0.29) is 11.5 Å². The van der Waals surface area contributed by atoms with Crippen LogP contribution in [0.25, 0.3) is 0 Å². The summed E-state index contributed by atoms with van der Waals surface area (Å²) in [5.74, 6) is -0.369. The summed E-state index contributed by atoms with van der Waals surface area (Å²) in [5, 5.41) is 2.88. The highest BCUT2D eigenvalue weighted by Gasteiger charge is 2.21. The van der Waals surface area contributed by atoms with Crippen LogP contribution in [0.4, 0.5) is 4.39 Å². The van der Waals surface area contributed by atoms with Crippen LogP contribution in [-0.4, -0.2) is 35.4 Å². The van der Waals surface area contributed by atoms with E-state index in [0.29, 0.717) is 12.5 Å². The number of nitrogens with zero attached hydrogens (tertiary/aromatic N) is 2. The smallest absolute Gasteiger partial charge is 0.252 e. The van der Waals surface area contributed by atoms with Crippen molar-refractivity contribution >= 4 is 5.91 Å². The number of carbonyl (C=O) groups is 1. The molecule has 1 aliphatic rings. The zero-order chi connectivity index (χ0) is 16.1. The van der Waals surface area contributed by atoms with E-state index in [9.17, 15) is 9.18 Å². The van der Waals surface area contributed by atoms with Crippen molar-refractivity contribution in [2.75, 3.05) is 19.6 Å². The molecule has 3 rings (SSSR count). The highest BCUT2D eigenvalue weighted by Crippen LogP contribution is 2.18. The largest absolute Gasteiger partial charge is 0.472 e. The highest BCUT2D eigenvalue weighted by atomic mass is 19.1. The fourth-order valence-corrected chi connectivity index (χ4v) is 2.98. The molecule has 0 spiro atoms. The summed E-state index contributed by atoms with van der Waals surface area (Å²) in [6, 6.07) is 3.18. The van der Waals surface area contributed by atoms with Crippen molar-refractivity contribution in [3.05, 3.63) is 54.0 Å². The summed E-state index contributed by atoms with van der Waals surface area (Å²) in [6.45, 7) is 3.46. The maximum absolute atomic E-state index is 13.1. The van der Waals surface area contributed by atoms with Gasteiger partial charge >= 0.3 is 0 Å². The molecule has 1 amide bonds. The number of furan rings is 1. The molecule has 2 aromatic rings. The fraction of sp³-hybridized carbons (Fsp3) is 0.412. The second-order valence-electron chi connectivity index (χ2n) is 5.98. The Morgan fingerprint density at radius 1 is 1.48 bits per heavy atom. The van der Waals surface area contributed by atoms with Crippen LogP contribution >= 0.6 is 0 Å². The minimum absolute atomic E-state index is 0.260. The molecule has 6 heteroatoms. The van der Waals surface area contributed by atoms with Gasteiger partial charge in [-0.15, -0.1) is 0 Å². The summed E-state index contributed by atoms with van der Waals surface area (Å²) in [6.07, 6.45) is 8.12. The van der Waals surface area contributed by atoms with Gasteiger partial charge in [-0.25, -0.2) is 4.39 Å². The zero-order valence-electron chi connectivity index (χ0n) is 12.9. The van der Waals surface area contributed by atoms with Gasteiger partial charge in [0.1, 0.15) is 5.82 Å². The van der Waals surface area contributed by atoms with Crippen LogP contribution in [0, 0.1) is 11.7 Å². The van der Waals surface area contributed by atoms with E-state index in [1.54, 1.807) is 12.5 Å². The minimum Gasteiger partial charge on any atom is -0.472 e. The predicted molar refractivity (Wildman–Crippen MR) is 83.2 cm³/mol. The minimum atomic E-state index is -0.499. The second-order valence-corrected chi connectivity index (χ2v) is 5.98. The molecule has 23 heavy (non-hydrogen) atoms. The van der Waals surface area contributed by atoms with E-state index in [0.717, 1.165) is 38.7 Å². The van der Waals surface area contributed by atoms with Crippen molar-refractivity contribution in [1.82, 2.24) is 15.2 Å². The van der Waals surface area contributed by atoms with Crippen LogP contribution < -0.4 is 5.32 Å². The summed E-state index contributed by atoms with van der Waals surface area (Å²) in [4.78, 5) is 18.1. The van der Waals surface area contributed by atoms with E-state index in [2.05, 4.69) is 15.2 Å². The summed E-state index contributed by atoms with van der Waals surface area (Å²) in [7, 11) is 0. The maximum Gasteiger partial charge on any atom is 0.252 e. The number of carbonyl (C=O) groups excluding carboxylic acids is 1. The third kappa shape index (κ3) is 4.39. The molecule has 1 saturated heterocycles. The van der Waals surface area contributed by atoms with Gasteiger partial charge in [0.25, 0.3) is 5.91 Å². The van der Waals surface area contributed by atoms with Gasteiger partial charge in [-0.3, -0.25) is 14.7 Å². The average molecular weight is 317 g/mol. The van der Waals surface area contributed by atoms with Gasteiger partial charge in [-0.2, -0.15) is 0 Å². The molecule has 1 atom stereocenters. The van der Waals surface area contributed by atoms with Crippen LogP contribution in [0.5, 0.6) is 0 Å². The van der Waals surface area contributed by atoms with Gasteiger partial charge in [-0.1, -0.05) is 0 Å². The average Bonchev–Trinajstić information content (AvgIpc) is 3.06. The Kier molecular flexibility index (Phi) is 5.02. The topological polar surface area (TPSA) is 58.4 Å². The van der Waals surface area contributed by atoms with Crippen molar-refractivity contribution in [3.8, 4) is 0 Å². The van der Waals surface area contributed by atoms with Crippen molar-refractivity contribution < 1.29 is 13.6 Å². The van der Waals surface area contributed by atoms with Crippen LogP contribution in [0.1, 0.15) is 28.8 Å². The van der Waals surface area contributed by atoms with Gasteiger partial charge in [0.15, 0.2) is 0 Å². The molecular formula is C17H20FN3O2. The van der Waals surface area contributed by atoms with Gasteiger partial charge in [0.2, 0.25) is 0 Å². The van der Waals surface area contributed by atoms with Crippen LogP contribution in [0.3, 0.4) is 0 Å². The SMILES string of the molecule is O=C(NCC1CCCN(Cc2ccoc2)C1)c1cncc(F)c1. The van der Waals surface area contributed by atoms with E-state index >= 15 is 0 Å². The number of aromatic nitrogens is 1. The Bertz CT molecular complexity index is 645. The highest BCUT2D eigenvalue weighted by molar-refractivity contribution is 5.93. The lowest BCUT2D eigenvalue weighted by atomic mass is 9.97. The third-order valence-corrected chi connectivity index (χ3v) is 4.11. The lowest BCUT2D eigenvalue weighted by molar-refractivity contribution is 0.0929. The van der Waals surface area contributed by atoms with Crippen molar-refractivity contribution in [1.29, 1.82) is 0 Å². The predicted octanol–water partition coefficient (Wildman–Crippen LogP) is 2.46. The van der Waals surface area contributed by atoms with Crippen molar-refractivity contribution in [2.45, 2.75) is 19.4 Å². The number of hydrogen-bond donors (Lipinski definition) is 1. The molecule has 0 aliphatic carbocycles. The molecular weight excluding hydrogens is 297 g/mol. The Morgan fingerprint density at radius 2 is 2.39 bits per heavy atom. The second kappa shape index (κ2) is 7.37. The molecule has 1 aliphatic heterocycles. The number of hydrogen-bond acceptors (Lipinski definition) is 4. The molecule has 1 fully saturated rings. The van der Waals surface area contributed by atoms with Gasteiger partial charge in [0.05, 0.1) is 24.3 Å². The first-order valence-corrected chi connectivity index (χ1v) is 7.83. The first-order chi connectivity index (χ1) is 11.2. The maximum atomic E-state index is 13.1. The van der Waals surface area contributed by atoms with E-state index in [1.165, 1.54) is 17.8 Å². The van der Waals surface area contributed by atoms with Gasteiger partial charge in [-0.05, 0) is 37.4 Å². The first-order valence-electron chi connectivity index (χ1n) is 7.83. The number of likely N-dealkylation sites (tertiary alicyclic amines) is 1. The summed E-state index contributed by atoms with van der Waals surface area (Å²) in [5.41, 5.74) is 1.43. The standard InChI is InChI=1S/C17H20FN3O2/c18-16-6-15(8-19-9-16)17(22)20-7-13-2-1-4-21(10-13)11-14-3-5-23-12-14/h3,5-6,8-9,12-13H,1-2,4,7,10-11H2,(H,20,22). The lowest BCUT2D eigenvalue weighted by Crippen LogP contribution is -2.40. The molecule has 0 aromatic carbocycles. The first kappa shape index (κ1) is 15.7. The number of rotatable bonds is 5. The van der Waals surface area contributed by atoms with Crippen molar-refractivity contribution in [2.24, 2.45) is 5.92 Å². The molecule has 0 radical (unpaired) electrons. The normalized spacial score (nSPS) is 18.7. The lowest BCUT2D eigenvalue weighted by Gasteiger charge is -2.32. The molecule has 0 saturated carbocycles.